The fraction of sp³-hybridized carbons (Fsp3) is 0.688. The number of hydrogen-bond donors (Lipinski definition) is 1. The summed E-state index contributed by atoms with van der Waals surface area (Å²) < 4.78 is 7.40. The number of pyridine rings is 1. The molecule has 5 nitrogen and oxygen atoms in total. The van der Waals surface area contributed by atoms with Crippen LogP contribution in [-0.2, 0) is 17.8 Å². The van der Waals surface area contributed by atoms with E-state index in [1.165, 1.54) is 6.07 Å². The minimum atomic E-state index is -0.296. The molecule has 21 heavy (non-hydrogen) atoms. The number of aromatic nitrogens is 1. The summed E-state index contributed by atoms with van der Waals surface area (Å²) in [4.78, 5) is 14.0. The van der Waals surface area contributed by atoms with Crippen molar-refractivity contribution in [3.8, 4) is 5.75 Å². The molecule has 0 fully saturated rings. The van der Waals surface area contributed by atoms with Crippen LogP contribution >= 0.6 is 0 Å². The highest BCUT2D eigenvalue weighted by atomic mass is 16.5. The molecule has 0 saturated carbocycles. The van der Waals surface area contributed by atoms with Crippen LogP contribution < -0.4 is 5.43 Å². The molecule has 0 spiro atoms. The molecule has 1 heterocycles. The summed E-state index contributed by atoms with van der Waals surface area (Å²) in [5.41, 5.74) is 1.30. The van der Waals surface area contributed by atoms with Gasteiger partial charge in [0.15, 0.2) is 5.75 Å². The van der Waals surface area contributed by atoms with Gasteiger partial charge >= 0.3 is 0 Å². The minimum absolute atomic E-state index is 0.121. The summed E-state index contributed by atoms with van der Waals surface area (Å²) >= 11 is 0. The van der Waals surface area contributed by atoms with E-state index in [-0.39, 0.29) is 11.2 Å². The quantitative estimate of drug-likeness (QED) is 0.709. The van der Waals surface area contributed by atoms with E-state index in [0.717, 1.165) is 31.7 Å². The van der Waals surface area contributed by atoms with Crippen molar-refractivity contribution in [1.82, 2.24) is 9.47 Å². The molecule has 0 saturated heterocycles. The van der Waals surface area contributed by atoms with E-state index in [4.69, 9.17) is 4.74 Å². The molecule has 1 N–H and O–H groups in total. The SMILES string of the molecule is CCOCCCn1c(C)cc(=O)c(O)c1CN(CC)CC. The van der Waals surface area contributed by atoms with Gasteiger partial charge in [0.05, 0.1) is 5.69 Å². The number of nitrogens with zero attached hydrogens (tertiary/aromatic N) is 2. The van der Waals surface area contributed by atoms with Crippen LogP contribution in [0.3, 0.4) is 0 Å². The first-order valence-electron chi connectivity index (χ1n) is 7.77. The zero-order chi connectivity index (χ0) is 15.8. The van der Waals surface area contributed by atoms with Gasteiger partial charge in [-0.25, -0.2) is 0 Å². The molecule has 1 aromatic rings. The largest absolute Gasteiger partial charge is 0.503 e. The van der Waals surface area contributed by atoms with Crippen LogP contribution in [0.2, 0.25) is 0 Å². The molecule has 0 unspecified atom stereocenters. The van der Waals surface area contributed by atoms with Crippen molar-refractivity contribution >= 4 is 0 Å². The van der Waals surface area contributed by atoms with Crippen LogP contribution in [0.25, 0.3) is 0 Å². The van der Waals surface area contributed by atoms with Gasteiger partial charge in [-0.3, -0.25) is 9.69 Å². The van der Waals surface area contributed by atoms with Gasteiger partial charge in [-0.2, -0.15) is 0 Å². The lowest BCUT2D eigenvalue weighted by molar-refractivity contribution is 0.141. The average Bonchev–Trinajstić information content (AvgIpc) is 2.47. The molecule has 0 radical (unpaired) electrons. The number of hydrogen-bond acceptors (Lipinski definition) is 4. The Morgan fingerprint density at radius 1 is 1.29 bits per heavy atom. The van der Waals surface area contributed by atoms with E-state index in [0.29, 0.717) is 25.5 Å². The lowest BCUT2D eigenvalue weighted by Crippen LogP contribution is -2.27. The Balaban J connectivity index is 3.03. The maximum atomic E-state index is 11.8. The van der Waals surface area contributed by atoms with E-state index in [2.05, 4.69) is 18.7 Å². The van der Waals surface area contributed by atoms with Crippen LogP contribution in [0.15, 0.2) is 10.9 Å². The van der Waals surface area contributed by atoms with Crippen LogP contribution in [0.1, 0.15) is 38.6 Å². The zero-order valence-corrected chi connectivity index (χ0v) is 13.7. The first kappa shape index (κ1) is 17.7. The van der Waals surface area contributed by atoms with Gasteiger partial charge in [-0.1, -0.05) is 13.8 Å². The molecular formula is C16H28N2O3. The number of aryl methyl sites for hydroxylation is 1. The maximum Gasteiger partial charge on any atom is 0.223 e. The van der Waals surface area contributed by atoms with Crippen molar-refractivity contribution in [3.05, 3.63) is 27.7 Å². The van der Waals surface area contributed by atoms with Crippen LogP contribution in [0.5, 0.6) is 5.75 Å². The number of rotatable bonds is 9. The molecule has 1 aromatic heterocycles. The summed E-state index contributed by atoms with van der Waals surface area (Å²) in [5.74, 6) is -0.121. The van der Waals surface area contributed by atoms with Gasteiger partial charge in [-0.15, -0.1) is 0 Å². The predicted octanol–water partition coefficient (Wildman–Crippen LogP) is 2.13. The molecule has 5 heteroatoms. The molecule has 0 aliphatic heterocycles. The normalized spacial score (nSPS) is 11.3. The average molecular weight is 296 g/mol. The fourth-order valence-electron chi connectivity index (χ4n) is 2.42. The summed E-state index contributed by atoms with van der Waals surface area (Å²) in [5, 5.41) is 10.2. The highest BCUT2D eigenvalue weighted by molar-refractivity contribution is 5.29. The summed E-state index contributed by atoms with van der Waals surface area (Å²) in [6.45, 7) is 12.5. The molecule has 0 atom stereocenters. The smallest absolute Gasteiger partial charge is 0.223 e. The molecule has 0 aliphatic carbocycles. The summed E-state index contributed by atoms with van der Waals surface area (Å²) in [6, 6.07) is 1.50. The maximum absolute atomic E-state index is 11.8. The Labute approximate surface area is 127 Å². The lowest BCUT2D eigenvalue weighted by Gasteiger charge is -2.23. The van der Waals surface area contributed by atoms with Crippen LogP contribution in [-0.4, -0.2) is 40.9 Å². The van der Waals surface area contributed by atoms with Gasteiger partial charge in [0.25, 0.3) is 0 Å². The van der Waals surface area contributed by atoms with Gasteiger partial charge in [-0.05, 0) is 33.4 Å². The van der Waals surface area contributed by atoms with E-state index in [1.54, 1.807) is 0 Å². The summed E-state index contributed by atoms with van der Waals surface area (Å²) in [7, 11) is 0. The van der Waals surface area contributed by atoms with Crippen molar-refractivity contribution in [2.45, 2.75) is 47.2 Å². The molecule has 0 aromatic carbocycles. The molecule has 120 valence electrons. The third kappa shape index (κ3) is 4.86. The third-order valence-electron chi connectivity index (χ3n) is 3.74. The molecule has 1 rings (SSSR count). The van der Waals surface area contributed by atoms with Gasteiger partial charge < -0.3 is 14.4 Å². The zero-order valence-electron chi connectivity index (χ0n) is 13.7. The third-order valence-corrected chi connectivity index (χ3v) is 3.74. The Morgan fingerprint density at radius 2 is 1.95 bits per heavy atom. The lowest BCUT2D eigenvalue weighted by atomic mass is 10.2. The second-order valence-corrected chi connectivity index (χ2v) is 5.11. The van der Waals surface area contributed by atoms with Crippen LogP contribution in [0, 0.1) is 6.92 Å². The van der Waals surface area contributed by atoms with Crippen molar-refractivity contribution in [1.29, 1.82) is 0 Å². The van der Waals surface area contributed by atoms with Crippen molar-refractivity contribution in [2.24, 2.45) is 0 Å². The van der Waals surface area contributed by atoms with Crippen molar-refractivity contribution in [3.63, 3.8) is 0 Å². The first-order chi connectivity index (χ1) is 10.0. The first-order valence-corrected chi connectivity index (χ1v) is 7.77. The fourth-order valence-corrected chi connectivity index (χ4v) is 2.42. The monoisotopic (exact) mass is 296 g/mol. The highest BCUT2D eigenvalue weighted by Crippen LogP contribution is 2.17. The van der Waals surface area contributed by atoms with E-state index < -0.39 is 0 Å². The Kier molecular flexibility index (Phi) is 7.47. The molecular weight excluding hydrogens is 268 g/mol. The van der Waals surface area contributed by atoms with Crippen molar-refractivity contribution < 1.29 is 9.84 Å². The van der Waals surface area contributed by atoms with Gasteiger partial charge in [0.1, 0.15) is 0 Å². The Bertz CT molecular complexity index is 493. The van der Waals surface area contributed by atoms with E-state index in [9.17, 15) is 9.90 Å². The topological polar surface area (TPSA) is 54.7 Å². The predicted molar refractivity (Wildman–Crippen MR) is 84.8 cm³/mol. The number of ether oxygens (including phenoxy) is 1. The Morgan fingerprint density at radius 3 is 2.52 bits per heavy atom. The summed E-state index contributed by atoms with van der Waals surface area (Å²) in [6.07, 6.45) is 0.863. The molecule has 0 aliphatic rings. The van der Waals surface area contributed by atoms with Gasteiger partial charge in [0, 0.05) is 38.1 Å². The van der Waals surface area contributed by atoms with Crippen molar-refractivity contribution in [2.75, 3.05) is 26.3 Å². The van der Waals surface area contributed by atoms with Gasteiger partial charge in [0.2, 0.25) is 5.43 Å². The molecule has 0 amide bonds. The standard InChI is InChI=1S/C16H28N2O3/c1-5-17(6-2)12-14-16(20)15(19)11-13(4)18(14)9-8-10-21-7-3/h11,20H,5-10,12H2,1-4H3. The highest BCUT2D eigenvalue weighted by Gasteiger charge is 2.15. The second-order valence-electron chi connectivity index (χ2n) is 5.11. The Hall–Kier alpha value is -1.33. The van der Waals surface area contributed by atoms with Crippen LogP contribution in [0.4, 0.5) is 0 Å². The second kappa shape index (κ2) is 8.85. The van der Waals surface area contributed by atoms with E-state index >= 15 is 0 Å². The van der Waals surface area contributed by atoms with E-state index in [1.807, 2.05) is 18.4 Å². The minimum Gasteiger partial charge on any atom is -0.503 e. The molecule has 0 bridgehead atoms. The number of aromatic hydroxyl groups is 1.